The monoisotopic (exact) mass is 327 g/mol. The summed E-state index contributed by atoms with van der Waals surface area (Å²) in [5.41, 5.74) is 2.06. The fourth-order valence-electron chi connectivity index (χ4n) is 3.36. The Morgan fingerprint density at radius 1 is 1.08 bits per heavy atom. The lowest BCUT2D eigenvalue weighted by atomic mass is 10.1. The van der Waals surface area contributed by atoms with Gasteiger partial charge >= 0.3 is 0 Å². The summed E-state index contributed by atoms with van der Waals surface area (Å²) in [7, 11) is 0. The van der Waals surface area contributed by atoms with Gasteiger partial charge in [0.05, 0.1) is 5.52 Å². The molecule has 0 aliphatic carbocycles. The number of piperazine rings is 1. The van der Waals surface area contributed by atoms with Gasteiger partial charge in [-0.2, -0.15) is 0 Å². The van der Waals surface area contributed by atoms with Crippen molar-refractivity contribution in [2.24, 2.45) is 0 Å². The molecule has 5 nitrogen and oxygen atoms in total. The standard InChI is InChI=1S/C19H25N3O2/c1-4-20-8-10-22(11-9-20)19(24)16-13-21(5-2)17-7-6-14(3)12-15(17)18(16)23/h6-7,12-13H,4-5,8-11H2,1-3H3. The van der Waals surface area contributed by atoms with E-state index in [1.54, 1.807) is 6.20 Å². The summed E-state index contributed by atoms with van der Waals surface area (Å²) in [5.74, 6) is -0.138. The lowest BCUT2D eigenvalue weighted by Gasteiger charge is -2.34. The first-order valence-corrected chi connectivity index (χ1v) is 8.70. The molecule has 2 heterocycles. The number of pyridine rings is 1. The molecule has 1 aliphatic heterocycles. The van der Waals surface area contributed by atoms with E-state index in [2.05, 4.69) is 11.8 Å². The lowest BCUT2D eigenvalue weighted by Crippen LogP contribution is -2.49. The van der Waals surface area contributed by atoms with E-state index >= 15 is 0 Å². The van der Waals surface area contributed by atoms with E-state index in [0.29, 0.717) is 24.0 Å². The molecule has 2 aromatic rings. The Balaban J connectivity index is 2.01. The van der Waals surface area contributed by atoms with Gasteiger partial charge in [-0.25, -0.2) is 0 Å². The van der Waals surface area contributed by atoms with Gasteiger partial charge in [0, 0.05) is 44.3 Å². The van der Waals surface area contributed by atoms with Crippen molar-refractivity contribution >= 4 is 16.8 Å². The van der Waals surface area contributed by atoms with Gasteiger partial charge < -0.3 is 14.4 Å². The lowest BCUT2D eigenvalue weighted by molar-refractivity contribution is 0.0641. The van der Waals surface area contributed by atoms with Gasteiger partial charge in [0.15, 0.2) is 0 Å². The van der Waals surface area contributed by atoms with Crippen LogP contribution in [0, 0.1) is 6.92 Å². The van der Waals surface area contributed by atoms with Gasteiger partial charge in [-0.05, 0) is 32.5 Å². The van der Waals surface area contributed by atoms with Crippen LogP contribution in [-0.2, 0) is 6.54 Å². The first-order chi connectivity index (χ1) is 11.5. The average Bonchev–Trinajstić information content (AvgIpc) is 2.62. The highest BCUT2D eigenvalue weighted by molar-refractivity contribution is 5.97. The third kappa shape index (κ3) is 2.96. The van der Waals surface area contributed by atoms with E-state index in [4.69, 9.17) is 0 Å². The summed E-state index contributed by atoms with van der Waals surface area (Å²) in [4.78, 5) is 29.9. The first-order valence-electron chi connectivity index (χ1n) is 8.70. The Morgan fingerprint density at radius 3 is 2.42 bits per heavy atom. The van der Waals surface area contributed by atoms with Crippen molar-refractivity contribution in [2.45, 2.75) is 27.3 Å². The average molecular weight is 327 g/mol. The quantitative estimate of drug-likeness (QED) is 0.867. The van der Waals surface area contributed by atoms with Crippen LogP contribution in [0.4, 0.5) is 0 Å². The third-order valence-electron chi connectivity index (χ3n) is 4.91. The van der Waals surface area contributed by atoms with Crippen LogP contribution >= 0.6 is 0 Å². The van der Waals surface area contributed by atoms with E-state index in [9.17, 15) is 9.59 Å². The Morgan fingerprint density at radius 2 is 1.79 bits per heavy atom. The number of rotatable bonds is 3. The zero-order valence-electron chi connectivity index (χ0n) is 14.7. The Labute approximate surface area is 142 Å². The van der Waals surface area contributed by atoms with E-state index in [1.807, 2.05) is 41.5 Å². The second-order valence-electron chi connectivity index (χ2n) is 6.40. The number of carbonyl (C=O) groups is 1. The largest absolute Gasteiger partial charge is 0.347 e. The van der Waals surface area contributed by atoms with Gasteiger partial charge in [-0.1, -0.05) is 18.6 Å². The minimum atomic E-state index is -0.152. The van der Waals surface area contributed by atoms with Crippen molar-refractivity contribution in [1.82, 2.24) is 14.4 Å². The smallest absolute Gasteiger partial charge is 0.259 e. The van der Waals surface area contributed by atoms with Crippen LogP contribution in [0.1, 0.15) is 29.8 Å². The van der Waals surface area contributed by atoms with E-state index < -0.39 is 0 Å². The van der Waals surface area contributed by atoms with Crippen molar-refractivity contribution in [3.05, 3.63) is 45.7 Å². The highest BCUT2D eigenvalue weighted by Crippen LogP contribution is 2.15. The third-order valence-corrected chi connectivity index (χ3v) is 4.91. The number of benzene rings is 1. The molecular weight excluding hydrogens is 302 g/mol. The molecule has 0 radical (unpaired) electrons. The number of aryl methyl sites for hydroxylation is 2. The summed E-state index contributed by atoms with van der Waals surface area (Å²) in [6.45, 7) is 11.0. The summed E-state index contributed by atoms with van der Waals surface area (Å²) in [6.07, 6.45) is 1.73. The van der Waals surface area contributed by atoms with Gasteiger partial charge in [0.2, 0.25) is 5.43 Å². The maximum Gasteiger partial charge on any atom is 0.259 e. The van der Waals surface area contributed by atoms with Gasteiger partial charge in [0.1, 0.15) is 5.56 Å². The zero-order chi connectivity index (χ0) is 17.3. The Bertz CT molecular complexity index is 817. The van der Waals surface area contributed by atoms with Crippen molar-refractivity contribution in [1.29, 1.82) is 0 Å². The fourth-order valence-corrected chi connectivity index (χ4v) is 3.36. The minimum Gasteiger partial charge on any atom is -0.347 e. The number of hydrogen-bond donors (Lipinski definition) is 0. The van der Waals surface area contributed by atoms with Crippen LogP contribution in [0.3, 0.4) is 0 Å². The predicted molar refractivity (Wildman–Crippen MR) is 96.6 cm³/mol. The summed E-state index contributed by atoms with van der Waals surface area (Å²) < 4.78 is 1.99. The molecule has 1 amide bonds. The molecule has 1 aromatic heterocycles. The molecular formula is C19H25N3O2. The molecule has 1 aliphatic rings. The maximum atomic E-state index is 12.9. The van der Waals surface area contributed by atoms with Crippen molar-refractivity contribution < 1.29 is 4.79 Å². The molecule has 1 fully saturated rings. The minimum absolute atomic E-state index is 0.138. The number of carbonyl (C=O) groups excluding carboxylic acids is 1. The highest BCUT2D eigenvalue weighted by atomic mass is 16.2. The number of likely N-dealkylation sites (N-methyl/N-ethyl adjacent to an activating group) is 1. The fraction of sp³-hybridized carbons (Fsp3) is 0.474. The number of amides is 1. The molecule has 3 rings (SSSR count). The van der Waals surface area contributed by atoms with E-state index in [1.165, 1.54) is 0 Å². The first kappa shape index (κ1) is 16.7. The summed E-state index contributed by atoms with van der Waals surface area (Å²) >= 11 is 0. The molecule has 24 heavy (non-hydrogen) atoms. The predicted octanol–water partition coefficient (Wildman–Crippen LogP) is 2.11. The zero-order valence-corrected chi connectivity index (χ0v) is 14.7. The normalized spacial score (nSPS) is 15.9. The second-order valence-corrected chi connectivity index (χ2v) is 6.40. The highest BCUT2D eigenvalue weighted by Gasteiger charge is 2.24. The molecule has 5 heteroatoms. The van der Waals surface area contributed by atoms with Crippen LogP contribution in [0.15, 0.2) is 29.2 Å². The van der Waals surface area contributed by atoms with Gasteiger partial charge in [0.25, 0.3) is 5.91 Å². The molecule has 0 bridgehead atoms. The maximum absolute atomic E-state index is 12.9. The Kier molecular flexibility index (Phi) is 4.71. The summed E-state index contributed by atoms with van der Waals surface area (Å²) in [6, 6.07) is 5.85. The van der Waals surface area contributed by atoms with Crippen LogP contribution in [0.25, 0.3) is 10.9 Å². The van der Waals surface area contributed by atoms with Gasteiger partial charge in [-0.15, -0.1) is 0 Å². The van der Waals surface area contributed by atoms with E-state index in [0.717, 1.165) is 37.3 Å². The topological polar surface area (TPSA) is 45.5 Å². The summed E-state index contributed by atoms with van der Waals surface area (Å²) in [5, 5.41) is 0.634. The van der Waals surface area contributed by atoms with Crippen LogP contribution < -0.4 is 5.43 Å². The van der Waals surface area contributed by atoms with Crippen LogP contribution in [0.5, 0.6) is 0 Å². The Hall–Kier alpha value is -2.14. The molecule has 1 aromatic carbocycles. The molecule has 128 valence electrons. The number of nitrogens with zero attached hydrogens (tertiary/aromatic N) is 3. The molecule has 0 saturated carbocycles. The number of aromatic nitrogens is 1. The van der Waals surface area contributed by atoms with E-state index in [-0.39, 0.29) is 11.3 Å². The van der Waals surface area contributed by atoms with Crippen LogP contribution in [-0.4, -0.2) is 53.0 Å². The van der Waals surface area contributed by atoms with Crippen molar-refractivity contribution in [2.75, 3.05) is 32.7 Å². The number of fused-ring (bicyclic) bond motifs is 1. The molecule has 1 saturated heterocycles. The molecule has 0 atom stereocenters. The SMILES string of the molecule is CCN1CCN(C(=O)c2cn(CC)c3ccc(C)cc3c2=O)CC1. The van der Waals surface area contributed by atoms with Crippen LogP contribution in [0.2, 0.25) is 0 Å². The van der Waals surface area contributed by atoms with Gasteiger partial charge in [-0.3, -0.25) is 9.59 Å². The van der Waals surface area contributed by atoms with Crippen molar-refractivity contribution in [3.8, 4) is 0 Å². The molecule has 0 unspecified atom stereocenters. The number of hydrogen-bond acceptors (Lipinski definition) is 3. The van der Waals surface area contributed by atoms with Crippen molar-refractivity contribution in [3.63, 3.8) is 0 Å². The second kappa shape index (κ2) is 6.77. The molecule has 0 N–H and O–H groups in total. The molecule has 0 spiro atoms.